The molecule has 0 fully saturated rings. The summed E-state index contributed by atoms with van der Waals surface area (Å²) in [5, 5.41) is 33.7. The number of nitrogens with zero attached hydrogens (tertiary/aromatic N) is 8. The molecule has 0 aliphatic carbocycles. The summed E-state index contributed by atoms with van der Waals surface area (Å²) in [4.78, 5) is 57.4. The van der Waals surface area contributed by atoms with E-state index >= 15 is 0 Å². The minimum atomic E-state index is -1.70. The molecule has 2 aliphatic rings. The Balaban J connectivity index is 0.000000221. The van der Waals surface area contributed by atoms with Crippen LogP contribution in [0.2, 0.25) is 36.9 Å². The summed E-state index contributed by atoms with van der Waals surface area (Å²) < 4.78 is 4.00. The fourth-order valence-corrected chi connectivity index (χ4v) is 19.9. The maximum absolute atomic E-state index is 10.0. The van der Waals surface area contributed by atoms with E-state index in [-0.39, 0.29) is 116 Å². The Morgan fingerprint density at radius 2 is 1.03 bits per heavy atom. The van der Waals surface area contributed by atoms with E-state index in [1.165, 1.54) is 148 Å². The number of hydrogen-bond acceptors (Lipinski definition) is 13. The number of benzene rings is 12. The molecule has 20 heteroatoms. The zero-order valence-electron chi connectivity index (χ0n) is 83.7. The predicted molar refractivity (Wildman–Crippen MR) is 574 cm³/mol. The Morgan fingerprint density at radius 1 is 0.475 bits per heavy atom. The first-order valence-corrected chi connectivity index (χ1v) is 57.0. The summed E-state index contributed by atoms with van der Waals surface area (Å²) in [5.74, 6) is 8.15. The number of aromatic nitrogens is 6. The molecule has 0 bridgehead atoms. The maximum Gasteiger partial charge on any atom is 2.00 e. The van der Waals surface area contributed by atoms with Crippen molar-refractivity contribution >= 4 is 114 Å². The largest absolute Gasteiger partial charge is 2.00 e. The molecule has 7 heterocycles. The van der Waals surface area contributed by atoms with Crippen LogP contribution in [0, 0.1) is 64.7 Å². The van der Waals surface area contributed by atoms with Gasteiger partial charge >= 0.3 is 127 Å². The number of aliphatic hydroxyl groups excluding tert-OH is 3. The van der Waals surface area contributed by atoms with Crippen molar-refractivity contribution in [1.29, 1.82) is 0 Å². The van der Waals surface area contributed by atoms with Crippen LogP contribution in [0.5, 0.6) is 0 Å². The molecule has 0 saturated carbocycles. The molecular weight excluding hydrogens is 2530 g/mol. The zero-order chi connectivity index (χ0) is 98.6. The number of carbonyl (C=O) groups is 3. The fraction of sp³-hybridized carbons (Fsp3) is 0.190. The first-order chi connectivity index (χ1) is 65.5. The Kier molecular flexibility index (Phi) is 45.6. The van der Waals surface area contributed by atoms with Crippen LogP contribution in [0.1, 0.15) is 120 Å². The van der Waals surface area contributed by atoms with Gasteiger partial charge in [0, 0.05) is 126 Å². The summed E-state index contributed by atoms with van der Waals surface area (Å²) >= 11 is -1.70. The Labute approximate surface area is 892 Å². The molecule has 5 aromatic heterocycles. The Hall–Kier alpha value is -12.0. The Morgan fingerprint density at radius 3 is 1.59 bits per heavy atom. The predicted octanol–water partition coefficient (Wildman–Crippen LogP) is 28.8. The van der Waals surface area contributed by atoms with E-state index in [9.17, 15) is 14.4 Å². The molecular formula is C121H123GeIr3N8O6PtSi-3. The van der Waals surface area contributed by atoms with Gasteiger partial charge in [-0.1, -0.05) is 192 Å². The topological polar surface area (TPSA) is 187 Å². The van der Waals surface area contributed by atoms with E-state index in [2.05, 4.69) is 352 Å². The average Bonchev–Trinajstić information content (AvgIpc) is 1.66. The van der Waals surface area contributed by atoms with E-state index < -0.39 is 21.3 Å². The number of pyridine rings is 4. The molecule has 12 aromatic carbocycles. The molecule has 14 nitrogen and oxygen atoms in total. The van der Waals surface area contributed by atoms with Gasteiger partial charge in [0.2, 0.25) is 0 Å². The minimum absolute atomic E-state index is 0. The minimum Gasteiger partial charge on any atom is -0.493 e. The zero-order valence-corrected chi connectivity index (χ0v) is 96.2. The van der Waals surface area contributed by atoms with E-state index in [4.69, 9.17) is 25.3 Å². The van der Waals surface area contributed by atoms with Gasteiger partial charge in [-0.25, -0.2) is 0 Å². The summed E-state index contributed by atoms with van der Waals surface area (Å²) in [7, 11) is -1.48. The number of hydrogen-bond donors (Lipinski definition) is 3. The molecule has 141 heavy (non-hydrogen) atoms. The van der Waals surface area contributed by atoms with Gasteiger partial charge in [0.1, 0.15) is 0 Å². The van der Waals surface area contributed by atoms with Crippen LogP contribution in [-0.4, -0.2) is 78.9 Å². The maximum atomic E-state index is 10.0. The first-order valence-electron chi connectivity index (χ1n) is 46.1. The van der Waals surface area contributed by atoms with Crippen molar-refractivity contribution in [3.05, 3.63) is 428 Å². The monoisotopic (exact) mass is 2660 g/mol. The summed E-state index contributed by atoms with van der Waals surface area (Å²) in [6.07, 6.45) is 13.5. The first kappa shape index (κ1) is 116. The van der Waals surface area contributed by atoms with Crippen LogP contribution >= 0.6 is 0 Å². The summed E-state index contributed by atoms with van der Waals surface area (Å²) in [6, 6.07) is 115. The van der Waals surface area contributed by atoms with Crippen LogP contribution in [0.15, 0.2) is 352 Å². The van der Waals surface area contributed by atoms with Crippen molar-refractivity contribution in [3.8, 4) is 56.2 Å². The summed E-state index contributed by atoms with van der Waals surface area (Å²) in [6.45, 7) is 36.2. The number of fused-ring (bicyclic) bond motifs is 11. The second-order valence-corrected chi connectivity index (χ2v) is 52.2. The molecule has 3 N–H and O–H groups in total. The smallest absolute Gasteiger partial charge is 0.493 e. The van der Waals surface area contributed by atoms with E-state index in [1.807, 2.05) is 123 Å². The van der Waals surface area contributed by atoms with Gasteiger partial charge in [0.05, 0.1) is 36.6 Å². The number of allylic oxidation sites excluding steroid dienone is 6. The fourth-order valence-electron chi connectivity index (χ4n) is 15.9. The third kappa shape index (κ3) is 33.0. The van der Waals surface area contributed by atoms with Crippen molar-refractivity contribution in [3.63, 3.8) is 0 Å². The number of aryl methyl sites for hydroxylation is 4. The van der Waals surface area contributed by atoms with Crippen LogP contribution in [0.25, 0.3) is 99.5 Å². The van der Waals surface area contributed by atoms with Gasteiger partial charge in [-0.15, -0.1) is 149 Å². The number of aliphatic hydroxyl groups is 3. The normalized spacial score (nSPS) is 11.5. The number of ketones is 3. The van der Waals surface area contributed by atoms with Crippen molar-refractivity contribution < 1.29 is 116 Å². The molecule has 0 unspecified atom stereocenters. The van der Waals surface area contributed by atoms with Gasteiger partial charge in [0.25, 0.3) is 0 Å². The number of carbonyl (C=O) groups excluding carboxylic acids is 3. The van der Waals surface area contributed by atoms with E-state index in [0.717, 1.165) is 84.8 Å². The summed E-state index contributed by atoms with van der Waals surface area (Å²) in [5.41, 5.74) is 26.8. The number of rotatable bonds is 13. The molecule has 731 valence electrons. The average molecular weight is 2660 g/mol. The molecule has 0 saturated heterocycles. The van der Waals surface area contributed by atoms with Crippen LogP contribution in [-0.2, 0) is 102 Å². The van der Waals surface area contributed by atoms with Gasteiger partial charge in [-0.05, 0) is 159 Å². The van der Waals surface area contributed by atoms with E-state index in [1.54, 1.807) is 4.40 Å². The van der Waals surface area contributed by atoms with Crippen LogP contribution < -0.4 is 23.9 Å². The third-order valence-corrected chi connectivity index (χ3v) is 28.5. The van der Waals surface area contributed by atoms with Crippen molar-refractivity contribution in [2.24, 2.45) is 0 Å². The molecule has 2 aliphatic heterocycles. The van der Waals surface area contributed by atoms with Gasteiger partial charge in [0.15, 0.2) is 17.3 Å². The standard InChI is InChI=1S/C23H26N.C20H20NSi.C19H14N2.C17H11N2.C15H18GeN.C12H10N.3C5H8O2.3Ir.Pt/c1-14(2)18-12-21(15(3)4)20-7-8-24-23(22(20)13-18)19-10-16(5)9-17(6)11-19;1-22(2,3)20-14-19(17-12-8-5-9-13-17)21-15-18(20)16-10-6-4-7-11-16;1-3-9-16(10-4-1)20-15-21(17-11-5-2-6-12-17)19-14-8-7-13-18(19)20;1-11-10-18-16-14-8-4-2-6-12(14)13-7-3-5-9-15(13)17(16)19-11;1-16(2,3)13-8-9-15-14-7-5-4-6-12(14)10-17(15)11-13;1-10-6-5-9-13-12(10)11-7-3-2-4-8-11;3*1-4(6)3-5(2)7;;;;/h7-10,12-15H,1-6H3;4-12,14-15H,1-3H3;1-11,13-15H;2-7,9-10H,1H3;4-9,11H,10H2,1-3H3;2-7,9H,1H3;3*3,6H,1-2H3;;;;/q2*-1;-2;-1;+1;-1;;;;;;;+2. The van der Waals surface area contributed by atoms with Gasteiger partial charge in [-0.2, -0.15) is 30.3 Å². The second-order valence-electron chi connectivity index (χ2n) is 36.5. The third-order valence-electron chi connectivity index (χ3n) is 22.2. The molecule has 17 aromatic rings. The van der Waals surface area contributed by atoms with Crippen molar-refractivity contribution in [2.45, 2.75) is 152 Å². The Bertz CT molecular complexity index is 6930. The molecule has 3 radical (unpaired) electrons. The molecule has 0 atom stereocenters. The van der Waals surface area contributed by atoms with Crippen LogP contribution in [0.4, 0.5) is 22.7 Å². The van der Waals surface area contributed by atoms with E-state index in [0.29, 0.717) is 11.8 Å². The second kappa shape index (κ2) is 55.4. The molecule has 19 rings (SSSR count). The number of anilines is 4. The SMILES string of the molecule is CC(=O)C=C(C)O.CC(=O)C=C(C)O.CC(=O)C=C(C)O.C[Si](C)(C)c1cc(-c2[c-]cccc2)ncc1-c1ccccc1.Cc1[c-]c(-c2nccc3c(C(C)C)cc(C(C)C)cc23)cc(C)c1.Cc1cccnc1-c1[c-]cccc1.Cc1cnc2c3[c-]cccc3c3ccccc3c2n1.[CH3][Ge]([CH3])([CH3])[c]1ccc2[n+](c1)Cc1ccccc1-2.[Ir].[Ir].[Ir].[Pt+2].[c-]1ccccc1N1[CH-]N(c2ccccc2)c2ccccc21. The molecule has 0 spiro atoms. The van der Waals surface area contributed by atoms with Gasteiger partial charge in [-0.3, -0.25) is 19.4 Å². The van der Waals surface area contributed by atoms with Crippen molar-refractivity contribution in [2.75, 3.05) is 9.80 Å². The van der Waals surface area contributed by atoms with Crippen molar-refractivity contribution in [1.82, 2.24) is 24.9 Å². The van der Waals surface area contributed by atoms with Crippen LogP contribution in [0.3, 0.4) is 0 Å². The molecule has 0 amide bonds. The quantitative estimate of drug-likeness (QED) is 0.0247. The van der Waals surface area contributed by atoms with Gasteiger partial charge < -0.3 is 45.1 Å². The number of para-hydroxylation sites is 4.